The van der Waals surface area contributed by atoms with E-state index in [0.717, 1.165) is 16.7 Å². The van der Waals surface area contributed by atoms with Crippen LogP contribution in [0.5, 0.6) is 11.5 Å². The molecular formula is C27H20BrFN2O4S. The fourth-order valence-electron chi connectivity index (χ4n) is 3.53. The first-order chi connectivity index (χ1) is 17.4. The van der Waals surface area contributed by atoms with Gasteiger partial charge in [-0.15, -0.1) is 0 Å². The van der Waals surface area contributed by atoms with Gasteiger partial charge in [-0.1, -0.05) is 52.3 Å². The highest BCUT2D eigenvalue weighted by Crippen LogP contribution is 2.39. The molecule has 1 aliphatic heterocycles. The Hall–Kier alpha value is -3.61. The number of thioether (sulfide) groups is 1. The lowest BCUT2D eigenvalue weighted by molar-refractivity contribution is -0.123. The van der Waals surface area contributed by atoms with Crippen LogP contribution in [0.1, 0.15) is 29.2 Å². The van der Waals surface area contributed by atoms with Crippen LogP contribution in [0.25, 0.3) is 6.08 Å². The molecule has 0 aromatic heterocycles. The van der Waals surface area contributed by atoms with Crippen LogP contribution in [-0.2, 0) is 17.9 Å². The molecule has 2 amide bonds. The first-order valence-electron chi connectivity index (χ1n) is 11.0. The first kappa shape index (κ1) is 25.5. The Morgan fingerprint density at radius 3 is 2.47 bits per heavy atom. The minimum atomic E-state index is -0.442. The molecule has 0 spiro atoms. The SMILES string of the molecule is CCOc1cc(/C=C2/SC(=O)N(Cc3ccccc3C#N)C2=O)c(Br)cc1OCc1ccccc1F. The van der Waals surface area contributed by atoms with Crippen molar-refractivity contribution in [1.82, 2.24) is 4.90 Å². The number of halogens is 2. The molecule has 1 fully saturated rings. The average Bonchev–Trinajstić information content (AvgIpc) is 3.13. The maximum atomic E-state index is 14.0. The zero-order chi connectivity index (χ0) is 25.7. The highest BCUT2D eigenvalue weighted by molar-refractivity contribution is 9.10. The van der Waals surface area contributed by atoms with E-state index in [2.05, 4.69) is 22.0 Å². The minimum Gasteiger partial charge on any atom is -0.490 e. The molecule has 0 unspecified atom stereocenters. The van der Waals surface area contributed by atoms with E-state index < -0.39 is 11.1 Å². The van der Waals surface area contributed by atoms with Crippen molar-refractivity contribution in [2.45, 2.75) is 20.1 Å². The quantitative estimate of drug-likeness (QED) is 0.283. The van der Waals surface area contributed by atoms with Crippen LogP contribution in [0, 0.1) is 17.1 Å². The van der Waals surface area contributed by atoms with Gasteiger partial charge in [0.05, 0.1) is 29.7 Å². The monoisotopic (exact) mass is 566 g/mol. The molecule has 1 aliphatic rings. The summed E-state index contributed by atoms with van der Waals surface area (Å²) in [6.07, 6.45) is 1.61. The summed E-state index contributed by atoms with van der Waals surface area (Å²) in [5, 5.41) is 8.90. The van der Waals surface area contributed by atoms with Crippen molar-refractivity contribution in [3.63, 3.8) is 0 Å². The molecule has 0 aliphatic carbocycles. The summed E-state index contributed by atoms with van der Waals surface area (Å²) in [4.78, 5) is 27.0. The summed E-state index contributed by atoms with van der Waals surface area (Å²) in [5.41, 5.74) is 2.03. The molecular weight excluding hydrogens is 547 g/mol. The topological polar surface area (TPSA) is 79.6 Å². The summed E-state index contributed by atoms with van der Waals surface area (Å²) in [7, 11) is 0. The van der Waals surface area contributed by atoms with Gasteiger partial charge in [-0.3, -0.25) is 14.5 Å². The van der Waals surface area contributed by atoms with Crippen molar-refractivity contribution in [2.24, 2.45) is 0 Å². The number of nitrogens with zero attached hydrogens (tertiary/aromatic N) is 2. The Labute approximate surface area is 220 Å². The molecule has 1 saturated heterocycles. The van der Waals surface area contributed by atoms with Crippen LogP contribution in [0.4, 0.5) is 9.18 Å². The van der Waals surface area contributed by atoms with Gasteiger partial charge in [0.2, 0.25) is 0 Å². The predicted molar refractivity (Wildman–Crippen MR) is 139 cm³/mol. The third-order valence-corrected chi connectivity index (χ3v) is 6.92. The number of ether oxygens (including phenoxy) is 2. The number of amides is 2. The summed E-state index contributed by atoms with van der Waals surface area (Å²) in [6.45, 7) is 2.22. The normalized spacial score (nSPS) is 14.3. The lowest BCUT2D eigenvalue weighted by atomic mass is 10.1. The van der Waals surface area contributed by atoms with E-state index in [0.29, 0.717) is 44.8 Å². The molecule has 182 valence electrons. The summed E-state index contributed by atoms with van der Waals surface area (Å²) >= 11 is 4.33. The number of nitriles is 1. The Morgan fingerprint density at radius 1 is 1.06 bits per heavy atom. The number of carbonyl (C=O) groups is 2. The minimum absolute atomic E-state index is 0.0138. The number of imide groups is 1. The molecule has 0 radical (unpaired) electrons. The second kappa shape index (κ2) is 11.4. The molecule has 0 atom stereocenters. The lowest BCUT2D eigenvalue weighted by Gasteiger charge is -2.15. The number of rotatable bonds is 8. The third kappa shape index (κ3) is 5.61. The van der Waals surface area contributed by atoms with Crippen LogP contribution in [0.15, 0.2) is 70.0 Å². The van der Waals surface area contributed by atoms with Gasteiger partial charge < -0.3 is 9.47 Å². The van der Waals surface area contributed by atoms with E-state index in [1.54, 1.807) is 60.7 Å². The van der Waals surface area contributed by atoms with Gasteiger partial charge in [-0.2, -0.15) is 5.26 Å². The maximum Gasteiger partial charge on any atom is 0.293 e. The van der Waals surface area contributed by atoms with Crippen LogP contribution >= 0.6 is 27.7 Å². The van der Waals surface area contributed by atoms with Gasteiger partial charge in [0.15, 0.2) is 11.5 Å². The van der Waals surface area contributed by atoms with E-state index in [9.17, 15) is 19.2 Å². The maximum absolute atomic E-state index is 14.0. The molecule has 3 aromatic carbocycles. The molecule has 3 aromatic rings. The lowest BCUT2D eigenvalue weighted by Crippen LogP contribution is -2.27. The molecule has 1 heterocycles. The fraction of sp³-hybridized carbons (Fsp3) is 0.148. The standard InChI is InChI=1S/C27H20BrFN2O4S/c1-2-34-23-11-20(21(28)13-24(23)35-16-19-9-5-6-10-22(19)29)12-25-26(32)31(27(33)36-25)15-18-8-4-3-7-17(18)14-30/h3-13H,2,15-16H2,1H3/b25-12+. The van der Waals surface area contributed by atoms with Gasteiger partial charge in [-0.05, 0) is 60.2 Å². The van der Waals surface area contributed by atoms with Crippen molar-refractivity contribution in [3.8, 4) is 17.6 Å². The van der Waals surface area contributed by atoms with Crippen LogP contribution in [0.3, 0.4) is 0 Å². The molecule has 9 heteroatoms. The van der Waals surface area contributed by atoms with E-state index in [1.165, 1.54) is 6.07 Å². The van der Waals surface area contributed by atoms with E-state index in [1.807, 2.05) is 6.92 Å². The van der Waals surface area contributed by atoms with Crippen molar-refractivity contribution < 1.29 is 23.5 Å². The Balaban J connectivity index is 1.58. The van der Waals surface area contributed by atoms with Crippen LogP contribution in [-0.4, -0.2) is 22.7 Å². The van der Waals surface area contributed by atoms with Gasteiger partial charge >= 0.3 is 0 Å². The zero-order valence-electron chi connectivity index (χ0n) is 19.2. The molecule has 0 bridgehead atoms. The summed E-state index contributed by atoms with van der Waals surface area (Å²) < 4.78 is 26.1. The van der Waals surface area contributed by atoms with Crippen molar-refractivity contribution in [3.05, 3.63) is 98.1 Å². The largest absolute Gasteiger partial charge is 0.490 e. The highest BCUT2D eigenvalue weighted by Gasteiger charge is 2.35. The van der Waals surface area contributed by atoms with Gasteiger partial charge in [0, 0.05) is 10.0 Å². The van der Waals surface area contributed by atoms with Crippen molar-refractivity contribution in [2.75, 3.05) is 6.61 Å². The van der Waals surface area contributed by atoms with Crippen LogP contribution in [0.2, 0.25) is 0 Å². The first-order valence-corrected chi connectivity index (χ1v) is 12.6. The Kier molecular flexibility index (Phi) is 8.08. The molecule has 0 N–H and O–H groups in total. The van der Waals surface area contributed by atoms with E-state index >= 15 is 0 Å². The average molecular weight is 567 g/mol. The van der Waals surface area contributed by atoms with E-state index in [-0.39, 0.29) is 23.9 Å². The number of benzene rings is 3. The smallest absolute Gasteiger partial charge is 0.293 e. The van der Waals surface area contributed by atoms with Gasteiger partial charge in [0.25, 0.3) is 11.1 Å². The van der Waals surface area contributed by atoms with Crippen molar-refractivity contribution >= 4 is 44.9 Å². The van der Waals surface area contributed by atoms with Crippen LogP contribution < -0.4 is 9.47 Å². The molecule has 4 rings (SSSR count). The zero-order valence-corrected chi connectivity index (χ0v) is 21.6. The Bertz CT molecular complexity index is 1400. The summed E-state index contributed by atoms with van der Waals surface area (Å²) in [6, 6.07) is 18.7. The third-order valence-electron chi connectivity index (χ3n) is 5.33. The highest BCUT2D eigenvalue weighted by atomic mass is 79.9. The number of carbonyl (C=O) groups excluding carboxylic acids is 2. The van der Waals surface area contributed by atoms with Gasteiger partial charge in [0.1, 0.15) is 12.4 Å². The van der Waals surface area contributed by atoms with E-state index in [4.69, 9.17) is 9.47 Å². The van der Waals surface area contributed by atoms with Gasteiger partial charge in [-0.25, -0.2) is 4.39 Å². The summed E-state index contributed by atoms with van der Waals surface area (Å²) in [5.74, 6) is 0.0255. The molecule has 0 saturated carbocycles. The van der Waals surface area contributed by atoms with Crippen molar-refractivity contribution in [1.29, 1.82) is 5.26 Å². The molecule has 6 nitrogen and oxygen atoms in total. The predicted octanol–water partition coefficient (Wildman–Crippen LogP) is 6.67. The Morgan fingerprint density at radius 2 is 1.75 bits per heavy atom. The fourth-order valence-corrected chi connectivity index (χ4v) is 4.79. The number of hydrogen-bond donors (Lipinski definition) is 0. The second-order valence-corrected chi connectivity index (χ2v) is 9.52. The molecule has 36 heavy (non-hydrogen) atoms. The number of hydrogen-bond acceptors (Lipinski definition) is 6. The second-order valence-electron chi connectivity index (χ2n) is 7.67.